The number of ether oxygens (including phenoxy) is 1. The van der Waals surface area contributed by atoms with Gasteiger partial charge in [0.1, 0.15) is 5.69 Å². The number of morpholine rings is 1. The molecule has 1 aliphatic heterocycles. The number of carbonyl (C=O) groups is 1. The van der Waals surface area contributed by atoms with E-state index >= 15 is 0 Å². The van der Waals surface area contributed by atoms with Gasteiger partial charge in [-0.25, -0.2) is 0 Å². The average molecular weight is 320 g/mol. The van der Waals surface area contributed by atoms with Gasteiger partial charge in [0.2, 0.25) is 0 Å². The van der Waals surface area contributed by atoms with E-state index in [-0.39, 0.29) is 5.69 Å². The van der Waals surface area contributed by atoms with E-state index in [1.165, 1.54) is 7.05 Å². The molecule has 2 rings (SSSR count). The summed E-state index contributed by atoms with van der Waals surface area (Å²) in [5.74, 6) is -0.549. The topological polar surface area (TPSA) is 59.4 Å². The summed E-state index contributed by atoms with van der Waals surface area (Å²) in [7, 11) is 1.32. The molecular weight excluding hydrogens is 301 g/mol. The number of aromatic nitrogens is 2. The SMILES string of the molecule is Cn1nc(C(F)(F)F)cc1C(=O)NCCCN1CCOCC1. The summed E-state index contributed by atoms with van der Waals surface area (Å²) in [5, 5.41) is 5.93. The molecule has 124 valence electrons. The fourth-order valence-electron chi connectivity index (χ4n) is 2.24. The van der Waals surface area contributed by atoms with E-state index in [1.807, 2.05) is 0 Å². The third-order valence-electron chi connectivity index (χ3n) is 3.44. The van der Waals surface area contributed by atoms with Crippen LogP contribution in [-0.4, -0.2) is 60.0 Å². The number of hydrogen-bond donors (Lipinski definition) is 1. The van der Waals surface area contributed by atoms with Gasteiger partial charge in [-0.2, -0.15) is 18.3 Å². The zero-order valence-corrected chi connectivity index (χ0v) is 12.3. The molecule has 1 aromatic heterocycles. The number of amides is 1. The normalized spacial score (nSPS) is 16.7. The van der Waals surface area contributed by atoms with Gasteiger partial charge in [-0.3, -0.25) is 14.4 Å². The lowest BCUT2D eigenvalue weighted by atomic mass is 10.3. The van der Waals surface area contributed by atoms with E-state index in [2.05, 4.69) is 15.3 Å². The van der Waals surface area contributed by atoms with Gasteiger partial charge in [0.05, 0.1) is 13.2 Å². The first kappa shape index (κ1) is 16.8. The Labute approximate surface area is 126 Å². The molecule has 1 fully saturated rings. The monoisotopic (exact) mass is 320 g/mol. The number of halogens is 3. The number of aryl methyl sites for hydroxylation is 1. The molecule has 0 spiro atoms. The number of carbonyl (C=O) groups excluding carboxylic acids is 1. The van der Waals surface area contributed by atoms with E-state index in [1.54, 1.807) is 0 Å². The number of alkyl halides is 3. The predicted octanol–water partition coefficient (Wildman–Crippen LogP) is 0.891. The van der Waals surface area contributed by atoms with Crippen LogP contribution in [0.25, 0.3) is 0 Å². The fraction of sp³-hybridized carbons (Fsp3) is 0.692. The van der Waals surface area contributed by atoms with E-state index in [9.17, 15) is 18.0 Å². The van der Waals surface area contributed by atoms with E-state index in [0.29, 0.717) is 19.8 Å². The molecule has 0 aromatic carbocycles. The summed E-state index contributed by atoms with van der Waals surface area (Å²) in [5.41, 5.74) is -1.16. The molecule has 6 nitrogen and oxygen atoms in total. The van der Waals surface area contributed by atoms with Crippen LogP contribution in [-0.2, 0) is 18.0 Å². The summed E-state index contributed by atoms with van der Waals surface area (Å²) < 4.78 is 43.8. The Bertz CT molecular complexity index is 510. The van der Waals surface area contributed by atoms with Gasteiger partial charge >= 0.3 is 6.18 Å². The van der Waals surface area contributed by atoms with Gasteiger partial charge < -0.3 is 10.1 Å². The van der Waals surface area contributed by atoms with Crippen LogP contribution < -0.4 is 5.32 Å². The highest BCUT2D eigenvalue weighted by atomic mass is 19.4. The van der Waals surface area contributed by atoms with Crippen molar-refractivity contribution in [2.75, 3.05) is 39.4 Å². The van der Waals surface area contributed by atoms with Crippen molar-refractivity contribution >= 4 is 5.91 Å². The van der Waals surface area contributed by atoms with Crippen molar-refractivity contribution in [1.29, 1.82) is 0 Å². The van der Waals surface area contributed by atoms with Crippen LogP contribution in [0.3, 0.4) is 0 Å². The minimum atomic E-state index is -4.55. The third-order valence-corrected chi connectivity index (χ3v) is 3.44. The van der Waals surface area contributed by atoms with Crippen LogP contribution in [0.15, 0.2) is 6.07 Å². The molecule has 0 atom stereocenters. The van der Waals surface area contributed by atoms with Crippen molar-refractivity contribution in [1.82, 2.24) is 20.0 Å². The largest absolute Gasteiger partial charge is 0.435 e. The van der Waals surface area contributed by atoms with E-state index in [4.69, 9.17) is 4.74 Å². The smallest absolute Gasteiger partial charge is 0.379 e. The van der Waals surface area contributed by atoms with Crippen LogP contribution in [0, 0.1) is 0 Å². The highest BCUT2D eigenvalue weighted by molar-refractivity contribution is 5.92. The molecule has 0 saturated carbocycles. The summed E-state index contributed by atoms with van der Waals surface area (Å²) in [6.45, 7) is 4.38. The Morgan fingerprint density at radius 3 is 2.68 bits per heavy atom. The fourth-order valence-corrected chi connectivity index (χ4v) is 2.24. The first-order chi connectivity index (χ1) is 10.4. The number of hydrogen-bond acceptors (Lipinski definition) is 4. The van der Waals surface area contributed by atoms with Gasteiger partial charge in [0, 0.05) is 32.7 Å². The van der Waals surface area contributed by atoms with E-state index < -0.39 is 17.8 Å². The molecule has 9 heteroatoms. The van der Waals surface area contributed by atoms with E-state index in [0.717, 1.165) is 36.8 Å². The molecule has 0 aliphatic carbocycles. The van der Waals surface area contributed by atoms with Crippen molar-refractivity contribution in [3.8, 4) is 0 Å². The Kier molecular flexibility index (Phi) is 5.41. The molecule has 1 aliphatic rings. The quantitative estimate of drug-likeness (QED) is 0.819. The second-order valence-electron chi connectivity index (χ2n) is 5.10. The molecular formula is C13H19F3N4O2. The first-order valence-electron chi connectivity index (χ1n) is 7.07. The van der Waals surface area contributed by atoms with Crippen LogP contribution >= 0.6 is 0 Å². The van der Waals surface area contributed by atoms with Crippen molar-refractivity contribution in [2.45, 2.75) is 12.6 Å². The van der Waals surface area contributed by atoms with Crippen LogP contribution in [0.4, 0.5) is 13.2 Å². The Hall–Kier alpha value is -1.61. The van der Waals surface area contributed by atoms with Gasteiger partial charge in [-0.15, -0.1) is 0 Å². The Morgan fingerprint density at radius 1 is 1.41 bits per heavy atom. The minimum absolute atomic E-state index is 0.0984. The van der Waals surface area contributed by atoms with Crippen molar-refractivity contribution in [3.63, 3.8) is 0 Å². The van der Waals surface area contributed by atoms with Crippen molar-refractivity contribution < 1.29 is 22.7 Å². The second kappa shape index (κ2) is 7.10. The lowest BCUT2D eigenvalue weighted by Crippen LogP contribution is -2.38. The van der Waals surface area contributed by atoms with Crippen LogP contribution in [0.2, 0.25) is 0 Å². The number of nitrogens with zero attached hydrogens (tertiary/aromatic N) is 3. The van der Waals surface area contributed by atoms with Crippen LogP contribution in [0.1, 0.15) is 22.6 Å². The summed E-state index contributed by atoms with van der Waals surface area (Å²) in [6, 6.07) is 0.761. The van der Waals surface area contributed by atoms with Crippen LogP contribution in [0.5, 0.6) is 0 Å². The molecule has 1 aromatic rings. The Morgan fingerprint density at radius 2 is 2.09 bits per heavy atom. The molecule has 1 N–H and O–H groups in total. The first-order valence-corrected chi connectivity index (χ1v) is 7.07. The lowest BCUT2D eigenvalue weighted by Gasteiger charge is -2.26. The van der Waals surface area contributed by atoms with Crippen molar-refractivity contribution in [2.24, 2.45) is 7.05 Å². The van der Waals surface area contributed by atoms with Gasteiger partial charge in [-0.1, -0.05) is 0 Å². The third kappa shape index (κ3) is 4.44. The Balaban J connectivity index is 1.78. The summed E-state index contributed by atoms with van der Waals surface area (Å²) in [6.07, 6.45) is -3.82. The summed E-state index contributed by atoms with van der Waals surface area (Å²) >= 11 is 0. The maximum atomic E-state index is 12.5. The standard InChI is InChI=1S/C13H19F3N4O2/c1-19-10(9-11(18-19)13(14,15)16)12(21)17-3-2-4-20-5-7-22-8-6-20/h9H,2-8H2,1H3,(H,17,21). The zero-order chi connectivity index (χ0) is 16.2. The molecule has 1 saturated heterocycles. The summed E-state index contributed by atoms with van der Waals surface area (Å²) in [4.78, 5) is 14.1. The minimum Gasteiger partial charge on any atom is -0.379 e. The maximum Gasteiger partial charge on any atom is 0.435 e. The molecule has 1 amide bonds. The molecule has 22 heavy (non-hydrogen) atoms. The highest BCUT2D eigenvalue weighted by Crippen LogP contribution is 2.28. The number of rotatable bonds is 5. The zero-order valence-electron chi connectivity index (χ0n) is 12.3. The molecule has 0 unspecified atom stereocenters. The lowest BCUT2D eigenvalue weighted by molar-refractivity contribution is -0.141. The van der Waals surface area contributed by atoms with Gasteiger partial charge in [0.15, 0.2) is 5.69 Å². The maximum absolute atomic E-state index is 12.5. The van der Waals surface area contributed by atoms with Gasteiger partial charge in [0.25, 0.3) is 5.91 Å². The number of nitrogens with one attached hydrogen (secondary N) is 1. The molecule has 0 bridgehead atoms. The second-order valence-corrected chi connectivity index (χ2v) is 5.10. The average Bonchev–Trinajstić information content (AvgIpc) is 2.87. The van der Waals surface area contributed by atoms with Crippen molar-refractivity contribution in [3.05, 3.63) is 17.5 Å². The highest BCUT2D eigenvalue weighted by Gasteiger charge is 2.35. The molecule has 2 heterocycles. The predicted molar refractivity (Wildman–Crippen MR) is 72.4 cm³/mol. The van der Waals surface area contributed by atoms with Gasteiger partial charge in [-0.05, 0) is 13.0 Å². The molecule has 0 radical (unpaired) electrons.